The van der Waals surface area contributed by atoms with Crippen LogP contribution in [-0.2, 0) is 70.5 Å². The Morgan fingerprint density at radius 3 is 2.00 bits per heavy atom. The first-order valence-corrected chi connectivity index (χ1v) is 22.7. The highest BCUT2D eigenvalue weighted by Crippen LogP contribution is 2.51. The third-order valence-corrected chi connectivity index (χ3v) is 13.0. The Labute approximate surface area is 366 Å². The molecule has 29 heteroatoms. The molecule has 3 fully saturated rings. The molecular formula is C34H50N5O21PS2. The van der Waals surface area contributed by atoms with E-state index >= 15 is 0 Å². The number of nitrogens with zero attached hydrogens (tertiary/aromatic N) is 4. The summed E-state index contributed by atoms with van der Waals surface area (Å²) in [6.45, 7) is 3.21. The zero-order valence-electron chi connectivity index (χ0n) is 34.5. The molecule has 0 aliphatic carbocycles. The molecule has 4 rings (SSSR count). The van der Waals surface area contributed by atoms with E-state index in [1.807, 2.05) is 0 Å². The molecule has 0 saturated carbocycles. The summed E-state index contributed by atoms with van der Waals surface area (Å²) in [6, 6.07) is -0.979. The number of carbonyl (C=O) groups is 4. The molecule has 1 aromatic heterocycles. The van der Waals surface area contributed by atoms with Gasteiger partial charge in [0, 0.05) is 62.3 Å². The minimum absolute atomic E-state index is 0.0577. The fraction of sp³-hybridized carbons (Fsp3) is 0.765. The molecule has 5 N–H and O–H groups in total. The van der Waals surface area contributed by atoms with Gasteiger partial charge in [0.2, 0.25) is 0 Å². The second kappa shape index (κ2) is 24.1. The van der Waals surface area contributed by atoms with Crippen LogP contribution in [0.2, 0.25) is 0 Å². The van der Waals surface area contributed by atoms with Gasteiger partial charge in [0.1, 0.15) is 54.2 Å². The molecule has 1 aromatic rings. The van der Waals surface area contributed by atoms with Crippen LogP contribution in [-0.4, -0.2) is 170 Å². The molecule has 354 valence electrons. The number of phosphoric ester groups is 1. The zero-order chi connectivity index (χ0) is 46.6. The van der Waals surface area contributed by atoms with Gasteiger partial charge in [0.25, 0.3) is 5.56 Å². The van der Waals surface area contributed by atoms with E-state index < -0.39 is 154 Å². The average Bonchev–Trinajstić information content (AvgIpc) is 3.61. The van der Waals surface area contributed by atoms with E-state index in [4.69, 9.17) is 46.7 Å². The number of ether oxygens (including phenoxy) is 7. The summed E-state index contributed by atoms with van der Waals surface area (Å²) in [5, 5.41) is 43.9. The molecule has 26 nitrogen and oxygen atoms in total. The van der Waals surface area contributed by atoms with Crippen molar-refractivity contribution in [1.29, 1.82) is 0 Å². The summed E-state index contributed by atoms with van der Waals surface area (Å²) in [7, 11) is -4.66. The van der Waals surface area contributed by atoms with Crippen molar-refractivity contribution in [3.8, 4) is 0 Å². The van der Waals surface area contributed by atoms with Crippen LogP contribution in [0.25, 0.3) is 10.4 Å². The van der Waals surface area contributed by atoms with Gasteiger partial charge in [-0.05, 0) is 12.5 Å². The van der Waals surface area contributed by atoms with Crippen LogP contribution in [0.5, 0.6) is 0 Å². The number of carbonyl (C=O) groups excluding carboxylic acids is 4. The second-order valence-corrected chi connectivity index (χ2v) is 18.1. The van der Waals surface area contributed by atoms with E-state index in [0.29, 0.717) is 0 Å². The summed E-state index contributed by atoms with van der Waals surface area (Å²) in [5.74, 6) is -3.42. The molecule has 3 saturated heterocycles. The standard InChI is InChI=1S/C34H50N5O21PS2/c1-15-11-39(34(49)36-31(15)48)24-10-20(37-38-35)22(58-24)14-54-61(50,52-6-8-62-32-27(47)26(46)25(45)21(12-40)59-32)53-7-9-63-33-30(57-19(5)44)29(56-18(4)43)28(55-17(3)42)23(60-33)13-51-16(2)41/h11,20-30,32-33,40,45-47H,6-10,12-14H2,1-5H3,(H,36,48,49)/t20-,21+,22+,23+,24+,25+,26-,27+,28+,29-,30+,32-,33-,61?/m0/s1. The van der Waals surface area contributed by atoms with E-state index in [9.17, 15) is 59.3 Å². The number of aromatic amines is 1. The van der Waals surface area contributed by atoms with E-state index in [0.717, 1.165) is 55.8 Å². The predicted molar refractivity (Wildman–Crippen MR) is 214 cm³/mol. The number of thioether (sulfide) groups is 2. The number of aromatic nitrogens is 2. The van der Waals surface area contributed by atoms with Crippen LogP contribution in [0.4, 0.5) is 0 Å². The van der Waals surface area contributed by atoms with Crippen LogP contribution in [0.1, 0.15) is 45.9 Å². The predicted octanol–water partition coefficient (Wildman–Crippen LogP) is -0.681. The maximum absolute atomic E-state index is 14.2. The van der Waals surface area contributed by atoms with Gasteiger partial charge in [-0.3, -0.25) is 47.1 Å². The van der Waals surface area contributed by atoms with Gasteiger partial charge in [-0.2, -0.15) is 0 Å². The minimum atomic E-state index is -4.66. The Hall–Kier alpha value is -3.60. The lowest BCUT2D eigenvalue weighted by Gasteiger charge is -2.44. The molecule has 14 atom stereocenters. The summed E-state index contributed by atoms with van der Waals surface area (Å²) >= 11 is 1.78. The van der Waals surface area contributed by atoms with Crippen LogP contribution in [0.15, 0.2) is 20.9 Å². The van der Waals surface area contributed by atoms with Crippen LogP contribution < -0.4 is 11.2 Å². The molecule has 4 heterocycles. The number of hydrogen-bond acceptors (Lipinski definition) is 24. The smallest absolute Gasteiger partial charge is 0.463 e. The first-order chi connectivity index (χ1) is 29.8. The van der Waals surface area contributed by atoms with Crippen molar-refractivity contribution in [1.82, 2.24) is 9.55 Å². The molecule has 0 spiro atoms. The van der Waals surface area contributed by atoms with Crippen molar-refractivity contribution in [2.45, 2.75) is 119 Å². The molecule has 0 aromatic carbocycles. The number of hydrogen-bond donors (Lipinski definition) is 5. The van der Waals surface area contributed by atoms with Gasteiger partial charge in [0.05, 0.1) is 38.6 Å². The fourth-order valence-electron chi connectivity index (χ4n) is 6.45. The Kier molecular flexibility index (Phi) is 19.9. The molecule has 1 unspecified atom stereocenters. The summed E-state index contributed by atoms with van der Waals surface area (Å²) in [5.41, 5.74) is 5.66. The maximum atomic E-state index is 14.2. The second-order valence-electron chi connectivity index (χ2n) is 14.0. The Balaban J connectivity index is 1.52. The maximum Gasteiger partial charge on any atom is 0.474 e. The van der Waals surface area contributed by atoms with E-state index in [-0.39, 0.29) is 23.5 Å². The molecule has 0 radical (unpaired) electrons. The van der Waals surface area contributed by atoms with Gasteiger partial charge in [0.15, 0.2) is 18.3 Å². The van der Waals surface area contributed by atoms with Crippen molar-refractivity contribution in [3.05, 3.63) is 43.0 Å². The monoisotopic (exact) mass is 959 g/mol. The van der Waals surface area contributed by atoms with E-state index in [1.54, 1.807) is 0 Å². The lowest BCUT2D eigenvalue weighted by molar-refractivity contribution is -0.237. The van der Waals surface area contributed by atoms with Crippen LogP contribution in [0.3, 0.4) is 0 Å². The van der Waals surface area contributed by atoms with Gasteiger partial charge >= 0.3 is 37.4 Å². The lowest BCUT2D eigenvalue weighted by Crippen LogP contribution is -2.61. The average molecular weight is 960 g/mol. The fourth-order valence-corrected chi connectivity index (χ4v) is 9.91. The highest BCUT2D eigenvalue weighted by atomic mass is 32.2. The number of H-pyrrole nitrogens is 1. The largest absolute Gasteiger partial charge is 0.474 e. The van der Waals surface area contributed by atoms with Crippen molar-refractivity contribution in [2.75, 3.05) is 44.5 Å². The SMILES string of the molecule is CC(=O)OC[C@H]1O[C@@H](SCCOP(=O)(OCCS[C@@H]2O[C@H](CO)[C@@H](O)[C@H](O)[C@H]2O)OC[C@H]2O[C@@H](n3cc(C)c(=O)[nH]c3=O)C[C@@H]2N=[N+]=[N-])[C@H](OC(C)=O)[C@@H](OC(C)=O)[C@@H]1OC(C)=O. The van der Waals surface area contributed by atoms with Crippen molar-refractivity contribution >= 4 is 55.2 Å². The van der Waals surface area contributed by atoms with Crippen molar-refractivity contribution in [2.24, 2.45) is 5.11 Å². The van der Waals surface area contributed by atoms with Crippen molar-refractivity contribution in [3.63, 3.8) is 0 Å². The first kappa shape index (κ1) is 52.0. The Bertz CT molecular complexity index is 1970. The van der Waals surface area contributed by atoms with E-state index in [2.05, 4.69) is 15.0 Å². The summed E-state index contributed by atoms with van der Waals surface area (Å²) < 4.78 is 71.1. The van der Waals surface area contributed by atoms with Gasteiger partial charge < -0.3 is 53.6 Å². The minimum Gasteiger partial charge on any atom is -0.463 e. The molecule has 0 amide bonds. The number of esters is 4. The quantitative estimate of drug-likeness (QED) is 0.0194. The van der Waals surface area contributed by atoms with Crippen molar-refractivity contribution < 1.29 is 90.9 Å². The lowest BCUT2D eigenvalue weighted by atomic mass is 9.99. The number of aliphatic hydroxyl groups is 4. The molecule has 0 bridgehead atoms. The number of aryl methyl sites for hydroxylation is 1. The van der Waals surface area contributed by atoms with Gasteiger partial charge in [-0.25, -0.2) is 9.36 Å². The van der Waals surface area contributed by atoms with Crippen LogP contribution in [0, 0.1) is 6.92 Å². The Morgan fingerprint density at radius 2 is 1.41 bits per heavy atom. The number of nitrogens with one attached hydrogen (secondary N) is 1. The first-order valence-electron chi connectivity index (χ1n) is 19.2. The highest BCUT2D eigenvalue weighted by Gasteiger charge is 2.52. The molecule has 63 heavy (non-hydrogen) atoms. The molecule has 3 aliphatic heterocycles. The van der Waals surface area contributed by atoms with Gasteiger partial charge in [-0.1, -0.05) is 5.11 Å². The Morgan fingerprint density at radius 1 is 0.825 bits per heavy atom. The third kappa shape index (κ3) is 14.7. The number of phosphoric acid groups is 1. The van der Waals surface area contributed by atoms with E-state index in [1.165, 1.54) is 13.1 Å². The normalized spacial score (nSPS) is 31.5. The molecule has 3 aliphatic rings. The summed E-state index contributed by atoms with van der Waals surface area (Å²) in [4.78, 5) is 77.8. The summed E-state index contributed by atoms with van der Waals surface area (Å²) in [6.07, 6.45) is -12.5. The number of azide groups is 1. The van der Waals surface area contributed by atoms with Gasteiger partial charge in [-0.15, -0.1) is 23.5 Å². The van der Waals surface area contributed by atoms with Crippen LogP contribution >= 0.6 is 31.3 Å². The number of aliphatic hydroxyl groups excluding tert-OH is 4. The molecular weight excluding hydrogens is 909 g/mol. The number of rotatable bonds is 21. The topological polar surface area (TPSA) is 362 Å². The third-order valence-electron chi connectivity index (χ3n) is 9.28. The zero-order valence-corrected chi connectivity index (χ0v) is 37.0. The highest BCUT2D eigenvalue weighted by molar-refractivity contribution is 8.00.